The van der Waals surface area contributed by atoms with Gasteiger partial charge in [-0.1, -0.05) is 0 Å². The fourth-order valence-electron chi connectivity index (χ4n) is 0. The van der Waals surface area contributed by atoms with Gasteiger partial charge in [-0.05, 0) is 13.8 Å². The topological polar surface area (TPSA) is 46.2 Å². The van der Waals surface area contributed by atoms with Crippen LogP contribution in [0, 0.1) is 0 Å². The van der Waals surface area contributed by atoms with Gasteiger partial charge in [0.1, 0.15) is 0 Å². The van der Waals surface area contributed by atoms with Crippen LogP contribution in [0.2, 0.25) is 0 Å². The number of aliphatic hydroxyl groups is 1. The third-order valence-corrected chi connectivity index (χ3v) is 0.408. The van der Waals surface area contributed by atoms with E-state index in [1.165, 1.54) is 0 Å². The van der Waals surface area contributed by atoms with E-state index in [1.807, 2.05) is 0 Å². The summed E-state index contributed by atoms with van der Waals surface area (Å²) in [4.78, 5) is 0. The number of hydrogen-bond donors (Lipinski definition) is 2. The van der Waals surface area contributed by atoms with Crippen molar-refractivity contribution in [3.05, 3.63) is 0 Å². The average Bonchev–Trinajstić information content (AvgIpc) is 1.35. The first-order valence-electron chi connectivity index (χ1n) is 1.96. The Morgan fingerprint density at radius 2 is 1.71 bits per heavy atom. The van der Waals surface area contributed by atoms with E-state index >= 15 is 0 Å². The monoisotopic (exact) mass is 286 g/mol. The molecule has 0 amide bonds. The molecular weight excluding hydrogens is 275 g/mol. The van der Waals surface area contributed by atoms with Crippen LogP contribution in [0.5, 0.6) is 0 Å². The summed E-state index contributed by atoms with van der Waals surface area (Å²) < 4.78 is 0. The van der Waals surface area contributed by atoms with Crippen LogP contribution >= 0.6 is 0 Å². The molecule has 7 heavy (non-hydrogen) atoms. The SMILES string of the molecule is CC(C)(N)CO.[Au]. The van der Waals surface area contributed by atoms with Crippen LogP contribution in [-0.2, 0) is 22.4 Å². The molecule has 1 radical (unpaired) electrons. The van der Waals surface area contributed by atoms with E-state index in [0.29, 0.717) is 0 Å². The zero-order valence-corrected chi connectivity index (χ0v) is 6.70. The molecule has 0 aromatic heterocycles. The second-order valence-corrected chi connectivity index (χ2v) is 2.15. The predicted octanol–water partition coefficient (Wildman–Crippen LogP) is -0.287. The molecule has 0 aliphatic rings. The van der Waals surface area contributed by atoms with Gasteiger partial charge in [0.25, 0.3) is 0 Å². The third kappa shape index (κ3) is 10.8. The number of hydrogen-bond acceptors (Lipinski definition) is 2. The maximum Gasteiger partial charge on any atom is 0.0605 e. The van der Waals surface area contributed by atoms with E-state index < -0.39 is 5.54 Å². The molecule has 3 heteroatoms. The van der Waals surface area contributed by atoms with Crippen molar-refractivity contribution in [3.8, 4) is 0 Å². The third-order valence-electron chi connectivity index (χ3n) is 0.408. The Morgan fingerprint density at radius 1 is 1.57 bits per heavy atom. The van der Waals surface area contributed by atoms with Crippen molar-refractivity contribution in [3.63, 3.8) is 0 Å². The average molecular weight is 286 g/mol. The van der Waals surface area contributed by atoms with Gasteiger partial charge in [-0.3, -0.25) is 0 Å². The molecular formula is C4H11AuNO. The molecule has 0 aliphatic heterocycles. The van der Waals surface area contributed by atoms with E-state index in [9.17, 15) is 0 Å². The molecule has 0 bridgehead atoms. The molecule has 0 unspecified atom stereocenters. The standard InChI is InChI=1S/C4H11NO.Au/c1-4(2,5)3-6;/h6H,3,5H2,1-2H3;. The minimum Gasteiger partial charge on any atom is -0.394 e. The minimum absolute atomic E-state index is 0. The summed E-state index contributed by atoms with van der Waals surface area (Å²) in [6.07, 6.45) is 0. The summed E-state index contributed by atoms with van der Waals surface area (Å²) in [6.45, 7) is 3.59. The molecule has 0 spiro atoms. The van der Waals surface area contributed by atoms with E-state index in [1.54, 1.807) is 13.8 Å². The van der Waals surface area contributed by atoms with Crippen LogP contribution in [0.25, 0.3) is 0 Å². The molecule has 0 aromatic rings. The van der Waals surface area contributed by atoms with Crippen molar-refractivity contribution < 1.29 is 27.5 Å². The second-order valence-electron chi connectivity index (χ2n) is 2.15. The van der Waals surface area contributed by atoms with Crippen molar-refractivity contribution in [1.29, 1.82) is 0 Å². The van der Waals surface area contributed by atoms with Crippen LogP contribution < -0.4 is 5.73 Å². The van der Waals surface area contributed by atoms with Gasteiger partial charge in [-0.15, -0.1) is 0 Å². The maximum atomic E-state index is 8.28. The van der Waals surface area contributed by atoms with Gasteiger partial charge in [-0.25, -0.2) is 0 Å². The molecule has 49 valence electrons. The largest absolute Gasteiger partial charge is 0.394 e. The molecule has 0 saturated carbocycles. The molecule has 0 heterocycles. The van der Waals surface area contributed by atoms with Gasteiger partial charge >= 0.3 is 0 Å². The normalized spacial score (nSPS) is 10.3. The minimum atomic E-state index is -0.403. The molecule has 0 aromatic carbocycles. The van der Waals surface area contributed by atoms with Crippen LogP contribution in [-0.4, -0.2) is 17.3 Å². The summed E-state index contributed by atoms with van der Waals surface area (Å²) >= 11 is 0. The Kier molecular flexibility index (Phi) is 5.51. The summed E-state index contributed by atoms with van der Waals surface area (Å²) in [5.74, 6) is 0. The summed E-state index contributed by atoms with van der Waals surface area (Å²) in [6, 6.07) is 0. The van der Waals surface area contributed by atoms with E-state index in [2.05, 4.69) is 0 Å². The van der Waals surface area contributed by atoms with Crippen molar-refractivity contribution >= 4 is 0 Å². The van der Waals surface area contributed by atoms with Crippen molar-refractivity contribution in [2.45, 2.75) is 19.4 Å². The van der Waals surface area contributed by atoms with Gasteiger partial charge in [0.05, 0.1) is 6.61 Å². The Balaban J connectivity index is 0. The summed E-state index contributed by atoms with van der Waals surface area (Å²) in [5, 5.41) is 8.28. The van der Waals surface area contributed by atoms with Crippen LogP contribution in [0.15, 0.2) is 0 Å². The molecule has 0 rings (SSSR count). The van der Waals surface area contributed by atoms with Crippen LogP contribution in [0.1, 0.15) is 13.8 Å². The van der Waals surface area contributed by atoms with Gasteiger partial charge in [0, 0.05) is 27.9 Å². The van der Waals surface area contributed by atoms with Gasteiger partial charge < -0.3 is 10.8 Å². The van der Waals surface area contributed by atoms with Crippen molar-refractivity contribution in [1.82, 2.24) is 0 Å². The van der Waals surface area contributed by atoms with Crippen LogP contribution in [0.3, 0.4) is 0 Å². The van der Waals surface area contributed by atoms with E-state index in [4.69, 9.17) is 10.8 Å². The smallest absolute Gasteiger partial charge is 0.0605 e. The quantitative estimate of drug-likeness (QED) is 0.651. The molecule has 0 fully saturated rings. The molecule has 2 nitrogen and oxygen atoms in total. The molecule has 3 N–H and O–H groups in total. The Hall–Kier alpha value is 0.660. The summed E-state index contributed by atoms with van der Waals surface area (Å²) in [5.41, 5.74) is 4.88. The first-order valence-corrected chi connectivity index (χ1v) is 1.96. The number of rotatable bonds is 1. The number of aliphatic hydroxyl groups excluding tert-OH is 1. The fourth-order valence-corrected chi connectivity index (χ4v) is 0. The Labute approximate surface area is 59.6 Å². The predicted molar refractivity (Wildman–Crippen MR) is 25.4 cm³/mol. The van der Waals surface area contributed by atoms with Crippen molar-refractivity contribution in [2.75, 3.05) is 6.61 Å². The first-order chi connectivity index (χ1) is 2.56. The zero-order chi connectivity index (χ0) is 5.21. The fraction of sp³-hybridized carbons (Fsp3) is 1.00. The Morgan fingerprint density at radius 3 is 1.71 bits per heavy atom. The van der Waals surface area contributed by atoms with Crippen molar-refractivity contribution in [2.24, 2.45) is 5.73 Å². The maximum absolute atomic E-state index is 8.28. The second kappa shape index (κ2) is 3.64. The first kappa shape index (κ1) is 10.6. The summed E-state index contributed by atoms with van der Waals surface area (Å²) in [7, 11) is 0. The van der Waals surface area contributed by atoms with E-state index in [0.717, 1.165) is 0 Å². The molecule has 0 saturated heterocycles. The van der Waals surface area contributed by atoms with Gasteiger partial charge in [0.2, 0.25) is 0 Å². The van der Waals surface area contributed by atoms with Crippen LogP contribution in [0.4, 0.5) is 0 Å². The zero-order valence-electron chi connectivity index (χ0n) is 4.53. The van der Waals surface area contributed by atoms with E-state index in [-0.39, 0.29) is 29.0 Å². The molecule has 0 atom stereocenters. The van der Waals surface area contributed by atoms with Gasteiger partial charge in [0.15, 0.2) is 0 Å². The van der Waals surface area contributed by atoms with Gasteiger partial charge in [-0.2, -0.15) is 0 Å². The number of nitrogens with two attached hydrogens (primary N) is 1. The molecule has 0 aliphatic carbocycles. The Bertz CT molecular complexity index is 41.4.